The molecule has 19 heavy (non-hydrogen) atoms. The van der Waals surface area contributed by atoms with Crippen LogP contribution in [0.15, 0.2) is 0 Å². The Morgan fingerprint density at radius 3 is 2.74 bits per heavy atom. The van der Waals surface area contributed by atoms with E-state index < -0.39 is 6.04 Å². The lowest BCUT2D eigenvalue weighted by molar-refractivity contribution is -0.137. The van der Waals surface area contributed by atoms with Gasteiger partial charge in [0.15, 0.2) is 0 Å². The average Bonchev–Trinajstić information content (AvgIpc) is 2.45. The van der Waals surface area contributed by atoms with E-state index in [1.54, 1.807) is 11.8 Å². The van der Waals surface area contributed by atoms with Crippen LogP contribution in [0.3, 0.4) is 0 Å². The summed E-state index contributed by atoms with van der Waals surface area (Å²) in [6.07, 6.45) is 0.286. The molecule has 0 radical (unpaired) electrons. The molecule has 0 aliphatic carbocycles. The van der Waals surface area contributed by atoms with Crippen molar-refractivity contribution in [1.29, 1.82) is 5.26 Å². The molecule has 1 aliphatic heterocycles. The van der Waals surface area contributed by atoms with Crippen molar-refractivity contribution >= 4 is 11.8 Å². The number of morpholine rings is 1. The van der Waals surface area contributed by atoms with Gasteiger partial charge in [0.1, 0.15) is 0 Å². The van der Waals surface area contributed by atoms with Crippen LogP contribution in [0, 0.1) is 11.3 Å². The van der Waals surface area contributed by atoms with E-state index in [1.165, 1.54) is 0 Å². The summed E-state index contributed by atoms with van der Waals surface area (Å²) < 4.78 is 5.18. The van der Waals surface area contributed by atoms with Gasteiger partial charge >= 0.3 is 0 Å². The van der Waals surface area contributed by atoms with Crippen LogP contribution >= 0.6 is 0 Å². The molecule has 0 spiro atoms. The topological polar surface area (TPSA) is 94.5 Å². The Labute approximate surface area is 112 Å². The minimum Gasteiger partial charge on any atom is -0.378 e. The van der Waals surface area contributed by atoms with Crippen LogP contribution in [0.2, 0.25) is 0 Å². The highest BCUT2D eigenvalue weighted by Crippen LogP contribution is 2.00. The molecule has 2 N–H and O–H groups in total. The van der Waals surface area contributed by atoms with Gasteiger partial charge < -0.3 is 15.0 Å². The maximum Gasteiger partial charge on any atom is 0.239 e. The number of hydrogen-bond acceptors (Lipinski definition) is 5. The van der Waals surface area contributed by atoms with Crippen LogP contribution in [0.1, 0.15) is 13.3 Å². The van der Waals surface area contributed by atoms with Crippen molar-refractivity contribution in [2.75, 3.05) is 39.4 Å². The standard InChI is InChI=1S/C12H20N4O3/c1-10(12(18)16-5-7-19-8-6-16)15-9-11(17)14-4-2-3-13/h10,15H,2,4-9H2,1H3,(H,14,17). The summed E-state index contributed by atoms with van der Waals surface area (Å²) in [6, 6.07) is 1.54. The van der Waals surface area contributed by atoms with Crippen LogP contribution < -0.4 is 10.6 Å². The van der Waals surface area contributed by atoms with Gasteiger partial charge in [-0.3, -0.25) is 14.9 Å². The SMILES string of the molecule is CC(NCC(=O)NCCC#N)C(=O)N1CCOCC1. The van der Waals surface area contributed by atoms with Gasteiger partial charge in [-0.1, -0.05) is 0 Å². The number of carbonyl (C=O) groups is 2. The number of nitrogens with zero attached hydrogens (tertiary/aromatic N) is 2. The molecule has 1 atom stereocenters. The molecule has 1 heterocycles. The minimum atomic E-state index is -0.403. The first-order valence-electron chi connectivity index (χ1n) is 6.38. The molecule has 7 nitrogen and oxygen atoms in total. The van der Waals surface area contributed by atoms with E-state index in [0.717, 1.165) is 0 Å². The monoisotopic (exact) mass is 268 g/mol. The number of nitrogens with one attached hydrogen (secondary N) is 2. The number of hydrogen-bond donors (Lipinski definition) is 2. The molecular weight excluding hydrogens is 248 g/mol. The van der Waals surface area contributed by atoms with Gasteiger partial charge in [-0.2, -0.15) is 5.26 Å². The normalized spacial score (nSPS) is 16.5. The highest BCUT2D eigenvalue weighted by molar-refractivity contribution is 5.83. The lowest BCUT2D eigenvalue weighted by Crippen LogP contribution is -2.50. The van der Waals surface area contributed by atoms with Crippen LogP contribution in [0.25, 0.3) is 0 Å². The number of ether oxygens (including phenoxy) is 1. The average molecular weight is 268 g/mol. The highest BCUT2D eigenvalue weighted by Gasteiger charge is 2.22. The molecule has 2 amide bonds. The van der Waals surface area contributed by atoms with E-state index in [9.17, 15) is 9.59 Å². The van der Waals surface area contributed by atoms with Gasteiger partial charge in [0, 0.05) is 19.6 Å². The number of nitriles is 1. The first-order valence-corrected chi connectivity index (χ1v) is 6.38. The number of amides is 2. The second-order valence-corrected chi connectivity index (χ2v) is 4.30. The van der Waals surface area contributed by atoms with Crippen molar-refractivity contribution in [1.82, 2.24) is 15.5 Å². The summed E-state index contributed by atoms with van der Waals surface area (Å²) in [6.45, 7) is 4.46. The Kier molecular flexibility index (Phi) is 6.85. The van der Waals surface area contributed by atoms with E-state index in [1.807, 2.05) is 6.07 Å². The van der Waals surface area contributed by atoms with Gasteiger partial charge in [-0.05, 0) is 6.92 Å². The fraction of sp³-hybridized carbons (Fsp3) is 0.750. The smallest absolute Gasteiger partial charge is 0.239 e. The summed E-state index contributed by atoms with van der Waals surface area (Å²) in [5, 5.41) is 13.8. The molecule has 0 saturated carbocycles. The van der Waals surface area contributed by atoms with Crippen LogP contribution in [-0.2, 0) is 14.3 Å². The Balaban J connectivity index is 2.22. The zero-order chi connectivity index (χ0) is 14.1. The van der Waals surface area contributed by atoms with Gasteiger partial charge in [-0.25, -0.2) is 0 Å². The molecule has 0 bridgehead atoms. The van der Waals surface area contributed by atoms with E-state index in [0.29, 0.717) is 32.8 Å². The minimum absolute atomic E-state index is 0.0203. The fourth-order valence-electron chi connectivity index (χ4n) is 1.71. The Hall–Kier alpha value is -1.65. The third kappa shape index (κ3) is 5.68. The summed E-state index contributed by atoms with van der Waals surface area (Å²) in [5.41, 5.74) is 0. The molecule has 1 aliphatic rings. The van der Waals surface area contributed by atoms with Gasteiger partial charge in [-0.15, -0.1) is 0 Å². The lowest BCUT2D eigenvalue weighted by Gasteiger charge is -2.29. The molecule has 106 valence electrons. The zero-order valence-corrected chi connectivity index (χ0v) is 11.1. The van der Waals surface area contributed by atoms with Crippen molar-refractivity contribution in [3.8, 4) is 6.07 Å². The molecule has 1 rings (SSSR count). The molecule has 7 heteroatoms. The van der Waals surface area contributed by atoms with Crippen molar-refractivity contribution in [3.05, 3.63) is 0 Å². The van der Waals surface area contributed by atoms with E-state index in [-0.39, 0.29) is 24.8 Å². The first kappa shape index (κ1) is 15.4. The fourth-order valence-corrected chi connectivity index (χ4v) is 1.71. The van der Waals surface area contributed by atoms with Crippen LogP contribution in [0.5, 0.6) is 0 Å². The molecule has 0 aromatic heterocycles. The molecule has 0 aromatic carbocycles. The quantitative estimate of drug-likeness (QED) is 0.593. The Morgan fingerprint density at radius 2 is 2.11 bits per heavy atom. The summed E-state index contributed by atoms with van der Waals surface area (Å²) >= 11 is 0. The summed E-state index contributed by atoms with van der Waals surface area (Å²) in [5.74, 6) is -0.231. The summed E-state index contributed by atoms with van der Waals surface area (Å²) in [4.78, 5) is 25.1. The van der Waals surface area contributed by atoms with Gasteiger partial charge in [0.2, 0.25) is 11.8 Å². The molecular formula is C12H20N4O3. The lowest BCUT2D eigenvalue weighted by atomic mass is 10.2. The molecule has 0 aromatic rings. The van der Waals surface area contributed by atoms with Crippen molar-refractivity contribution in [2.24, 2.45) is 0 Å². The first-order chi connectivity index (χ1) is 9.15. The second kappa shape index (κ2) is 8.45. The number of carbonyl (C=O) groups excluding carboxylic acids is 2. The third-order valence-electron chi connectivity index (χ3n) is 2.82. The number of rotatable bonds is 6. The highest BCUT2D eigenvalue weighted by atomic mass is 16.5. The second-order valence-electron chi connectivity index (χ2n) is 4.30. The molecule has 1 unspecified atom stereocenters. The molecule has 1 saturated heterocycles. The van der Waals surface area contributed by atoms with Crippen LogP contribution in [0.4, 0.5) is 0 Å². The van der Waals surface area contributed by atoms with E-state index in [2.05, 4.69) is 10.6 Å². The third-order valence-corrected chi connectivity index (χ3v) is 2.82. The summed E-state index contributed by atoms with van der Waals surface area (Å²) in [7, 11) is 0. The predicted molar refractivity (Wildman–Crippen MR) is 68.1 cm³/mol. The molecule has 1 fully saturated rings. The Bertz CT molecular complexity index is 347. The predicted octanol–water partition coefficient (Wildman–Crippen LogP) is -1.15. The van der Waals surface area contributed by atoms with Gasteiger partial charge in [0.25, 0.3) is 0 Å². The van der Waals surface area contributed by atoms with Crippen LogP contribution in [-0.4, -0.2) is 62.1 Å². The van der Waals surface area contributed by atoms with E-state index >= 15 is 0 Å². The van der Waals surface area contributed by atoms with E-state index in [4.69, 9.17) is 10.00 Å². The maximum absolute atomic E-state index is 12.0. The van der Waals surface area contributed by atoms with Crippen molar-refractivity contribution in [3.63, 3.8) is 0 Å². The van der Waals surface area contributed by atoms with Crippen molar-refractivity contribution in [2.45, 2.75) is 19.4 Å². The maximum atomic E-state index is 12.0. The van der Waals surface area contributed by atoms with Crippen molar-refractivity contribution < 1.29 is 14.3 Å². The van der Waals surface area contributed by atoms with Gasteiger partial charge in [0.05, 0.1) is 38.3 Å². The zero-order valence-electron chi connectivity index (χ0n) is 11.1. The largest absolute Gasteiger partial charge is 0.378 e. The Morgan fingerprint density at radius 1 is 1.42 bits per heavy atom.